The molecule has 0 aliphatic heterocycles. The number of hydrogen-bond acceptors (Lipinski definition) is 3. The number of nitrogens with two attached hydrogens (primary N) is 1. The molecule has 1 atom stereocenters. The zero-order chi connectivity index (χ0) is 15.1. The van der Waals surface area contributed by atoms with Crippen LogP contribution in [0.1, 0.15) is 20.3 Å². The largest absolute Gasteiger partial charge is 0.327 e. The minimum absolute atomic E-state index is 0.114. The quantitative estimate of drug-likeness (QED) is 0.804. The number of carbonyl (C=O) groups excluding carboxylic acids is 1. The van der Waals surface area contributed by atoms with Crippen molar-refractivity contribution in [2.45, 2.75) is 26.3 Å². The van der Waals surface area contributed by atoms with E-state index in [2.05, 4.69) is 19.2 Å². The van der Waals surface area contributed by atoms with Crippen molar-refractivity contribution < 1.29 is 9.18 Å². The third kappa shape index (κ3) is 6.12. The van der Waals surface area contributed by atoms with Crippen LogP contribution in [0.5, 0.6) is 0 Å². The van der Waals surface area contributed by atoms with Gasteiger partial charge < -0.3 is 11.1 Å². The van der Waals surface area contributed by atoms with Gasteiger partial charge in [-0.1, -0.05) is 13.8 Å². The van der Waals surface area contributed by atoms with E-state index >= 15 is 0 Å². The molecule has 0 aliphatic rings. The van der Waals surface area contributed by atoms with Crippen molar-refractivity contribution >= 4 is 11.6 Å². The van der Waals surface area contributed by atoms with Gasteiger partial charge in [-0.25, -0.2) is 4.39 Å². The van der Waals surface area contributed by atoms with E-state index in [0.29, 0.717) is 18.2 Å². The van der Waals surface area contributed by atoms with E-state index in [1.165, 1.54) is 12.1 Å². The van der Waals surface area contributed by atoms with Crippen LogP contribution in [0.4, 0.5) is 10.1 Å². The van der Waals surface area contributed by atoms with Crippen LogP contribution in [-0.4, -0.2) is 37.0 Å². The monoisotopic (exact) mass is 281 g/mol. The highest BCUT2D eigenvalue weighted by Gasteiger charge is 2.11. The number of rotatable bonds is 7. The van der Waals surface area contributed by atoms with Crippen LogP contribution < -0.4 is 11.1 Å². The second-order valence-corrected chi connectivity index (χ2v) is 5.49. The van der Waals surface area contributed by atoms with Gasteiger partial charge in [-0.3, -0.25) is 9.69 Å². The van der Waals surface area contributed by atoms with E-state index in [1.54, 1.807) is 12.1 Å². The Morgan fingerprint density at radius 1 is 1.35 bits per heavy atom. The molecular formula is C15H24FN3O. The topological polar surface area (TPSA) is 58.4 Å². The number of anilines is 1. The van der Waals surface area contributed by atoms with Gasteiger partial charge in [0.05, 0.1) is 6.54 Å². The molecule has 1 amide bonds. The summed E-state index contributed by atoms with van der Waals surface area (Å²) in [5.41, 5.74) is 6.57. The Kier molecular flexibility index (Phi) is 6.61. The Hall–Kier alpha value is -1.46. The van der Waals surface area contributed by atoms with Crippen molar-refractivity contribution in [2.24, 2.45) is 11.7 Å². The van der Waals surface area contributed by atoms with Crippen LogP contribution in [0.3, 0.4) is 0 Å². The molecule has 5 heteroatoms. The lowest BCUT2D eigenvalue weighted by molar-refractivity contribution is -0.117. The molecule has 0 heterocycles. The van der Waals surface area contributed by atoms with Crippen LogP contribution in [0.15, 0.2) is 24.3 Å². The minimum Gasteiger partial charge on any atom is -0.327 e. The maximum atomic E-state index is 12.7. The Bertz CT molecular complexity index is 420. The van der Waals surface area contributed by atoms with Crippen LogP contribution in [-0.2, 0) is 4.79 Å². The number of benzene rings is 1. The zero-order valence-corrected chi connectivity index (χ0v) is 12.4. The van der Waals surface area contributed by atoms with E-state index < -0.39 is 0 Å². The summed E-state index contributed by atoms with van der Waals surface area (Å²) in [7, 11) is 1.89. The zero-order valence-electron chi connectivity index (χ0n) is 12.4. The maximum absolute atomic E-state index is 12.7. The second-order valence-electron chi connectivity index (χ2n) is 5.49. The summed E-state index contributed by atoms with van der Waals surface area (Å²) in [6.07, 6.45) is 0.859. The van der Waals surface area contributed by atoms with Crippen LogP contribution >= 0.6 is 0 Å². The number of hydrogen-bond donors (Lipinski definition) is 2. The molecular weight excluding hydrogens is 257 g/mol. The van der Waals surface area contributed by atoms with E-state index in [9.17, 15) is 9.18 Å². The Morgan fingerprint density at radius 3 is 2.50 bits per heavy atom. The fraction of sp³-hybridized carbons (Fsp3) is 0.533. The molecule has 1 rings (SSSR count). The molecule has 0 aromatic heterocycles. The van der Waals surface area contributed by atoms with Crippen LogP contribution in [0, 0.1) is 11.7 Å². The normalized spacial score (nSPS) is 12.8. The molecule has 0 spiro atoms. The number of carbonyl (C=O) groups is 1. The lowest BCUT2D eigenvalue weighted by atomic mass is 10.0. The minimum atomic E-state index is -0.317. The van der Waals surface area contributed by atoms with Gasteiger partial charge in [-0.05, 0) is 50.2 Å². The molecule has 1 unspecified atom stereocenters. The van der Waals surface area contributed by atoms with E-state index in [0.717, 1.165) is 13.0 Å². The highest BCUT2D eigenvalue weighted by molar-refractivity contribution is 5.92. The number of nitrogens with zero attached hydrogens (tertiary/aromatic N) is 1. The van der Waals surface area contributed by atoms with Gasteiger partial charge in [-0.15, -0.1) is 0 Å². The van der Waals surface area contributed by atoms with Crippen LogP contribution in [0.25, 0.3) is 0 Å². The maximum Gasteiger partial charge on any atom is 0.238 e. The highest BCUT2D eigenvalue weighted by atomic mass is 19.1. The van der Waals surface area contributed by atoms with Crippen molar-refractivity contribution in [3.05, 3.63) is 30.1 Å². The fourth-order valence-corrected chi connectivity index (χ4v) is 1.76. The first-order valence-electron chi connectivity index (χ1n) is 6.88. The molecule has 0 saturated carbocycles. The summed E-state index contributed by atoms with van der Waals surface area (Å²) in [5, 5.41) is 2.73. The summed E-state index contributed by atoms with van der Waals surface area (Å²) < 4.78 is 12.7. The predicted octanol–water partition coefficient (Wildman–Crippen LogP) is 2.07. The van der Waals surface area contributed by atoms with Crippen molar-refractivity contribution in [3.8, 4) is 0 Å². The van der Waals surface area contributed by atoms with Gasteiger partial charge >= 0.3 is 0 Å². The molecule has 0 radical (unpaired) electrons. The standard InChI is InChI=1S/C15H24FN3O/c1-11(2)14(17)8-9-19(3)10-15(20)18-13-6-4-12(16)5-7-13/h4-7,11,14H,8-10,17H2,1-3H3,(H,18,20). The smallest absolute Gasteiger partial charge is 0.238 e. The van der Waals surface area contributed by atoms with Gasteiger partial charge in [0, 0.05) is 11.7 Å². The first-order chi connectivity index (χ1) is 9.38. The predicted molar refractivity (Wildman–Crippen MR) is 80.0 cm³/mol. The summed E-state index contributed by atoms with van der Waals surface area (Å²) in [5.74, 6) is 0.0106. The van der Waals surface area contributed by atoms with E-state index in [-0.39, 0.29) is 17.8 Å². The number of likely N-dealkylation sites (N-methyl/N-ethyl adjacent to an activating group) is 1. The third-order valence-electron chi connectivity index (χ3n) is 3.24. The highest BCUT2D eigenvalue weighted by Crippen LogP contribution is 2.08. The summed E-state index contributed by atoms with van der Waals surface area (Å²) in [4.78, 5) is 13.7. The average Bonchev–Trinajstić information content (AvgIpc) is 2.38. The van der Waals surface area contributed by atoms with Gasteiger partial charge in [0.2, 0.25) is 5.91 Å². The van der Waals surface area contributed by atoms with Crippen molar-refractivity contribution in [2.75, 3.05) is 25.5 Å². The first-order valence-corrected chi connectivity index (χ1v) is 6.88. The molecule has 0 bridgehead atoms. The molecule has 4 nitrogen and oxygen atoms in total. The van der Waals surface area contributed by atoms with E-state index in [1.807, 2.05) is 11.9 Å². The van der Waals surface area contributed by atoms with Gasteiger partial charge in [-0.2, -0.15) is 0 Å². The van der Waals surface area contributed by atoms with E-state index in [4.69, 9.17) is 5.73 Å². The number of halogens is 1. The Morgan fingerprint density at radius 2 is 1.95 bits per heavy atom. The average molecular weight is 281 g/mol. The molecule has 20 heavy (non-hydrogen) atoms. The Balaban J connectivity index is 2.32. The number of amides is 1. The number of nitrogens with one attached hydrogen (secondary N) is 1. The molecule has 0 saturated heterocycles. The van der Waals surface area contributed by atoms with Crippen molar-refractivity contribution in [1.82, 2.24) is 4.90 Å². The van der Waals surface area contributed by atoms with Crippen molar-refractivity contribution in [1.29, 1.82) is 0 Å². The van der Waals surface area contributed by atoms with Gasteiger partial charge in [0.15, 0.2) is 0 Å². The molecule has 0 aliphatic carbocycles. The summed E-state index contributed by atoms with van der Waals surface area (Å²) >= 11 is 0. The lowest BCUT2D eigenvalue weighted by Crippen LogP contribution is -2.35. The SMILES string of the molecule is CC(C)C(N)CCN(C)CC(=O)Nc1ccc(F)cc1. The summed E-state index contributed by atoms with van der Waals surface area (Å²) in [6.45, 7) is 5.25. The van der Waals surface area contributed by atoms with Crippen molar-refractivity contribution in [3.63, 3.8) is 0 Å². The molecule has 1 aromatic carbocycles. The van der Waals surface area contributed by atoms with Crippen LogP contribution in [0.2, 0.25) is 0 Å². The lowest BCUT2D eigenvalue weighted by Gasteiger charge is -2.20. The summed E-state index contributed by atoms with van der Waals surface area (Å²) in [6, 6.07) is 5.88. The molecule has 1 aromatic rings. The fourth-order valence-electron chi connectivity index (χ4n) is 1.76. The third-order valence-corrected chi connectivity index (χ3v) is 3.24. The van der Waals surface area contributed by atoms with Gasteiger partial charge in [0.1, 0.15) is 5.82 Å². The molecule has 3 N–H and O–H groups in total. The molecule has 112 valence electrons. The first kappa shape index (κ1) is 16.6. The second kappa shape index (κ2) is 7.97. The molecule has 0 fully saturated rings. The van der Waals surface area contributed by atoms with Gasteiger partial charge in [0.25, 0.3) is 0 Å². The Labute approximate surface area is 120 Å².